The van der Waals surface area contributed by atoms with Crippen LogP contribution in [0.3, 0.4) is 0 Å². The van der Waals surface area contributed by atoms with Crippen LogP contribution in [-0.4, -0.2) is 52.0 Å². The number of amides is 1. The highest BCUT2D eigenvalue weighted by atomic mass is 16.5. The van der Waals surface area contributed by atoms with Crippen LogP contribution in [0.15, 0.2) is 53.1 Å². The van der Waals surface area contributed by atoms with E-state index in [4.69, 9.17) is 9.78 Å². The second-order valence-corrected chi connectivity index (χ2v) is 7.14. The van der Waals surface area contributed by atoms with Gasteiger partial charge in [-0.2, -0.15) is 10.2 Å². The molecule has 2 aromatic carbocycles. The Bertz CT molecular complexity index is 1040. The molecule has 1 aliphatic heterocycles. The summed E-state index contributed by atoms with van der Waals surface area (Å²) >= 11 is 0. The molecule has 0 spiro atoms. The molecule has 0 unspecified atom stereocenters. The first-order valence-electron chi connectivity index (χ1n) is 9.54. The lowest BCUT2D eigenvalue weighted by atomic mass is 10.1. The number of aryl methyl sites for hydroxylation is 1. The molecule has 7 heteroatoms. The summed E-state index contributed by atoms with van der Waals surface area (Å²) in [6.45, 7) is 5.34. The zero-order chi connectivity index (χ0) is 20.2. The average Bonchev–Trinajstić information content (AvgIpc) is 3.23. The van der Waals surface area contributed by atoms with Gasteiger partial charge in [0.1, 0.15) is 0 Å². The van der Waals surface area contributed by atoms with Crippen molar-refractivity contribution in [3.05, 3.63) is 71.0 Å². The molecule has 1 amide bonds. The summed E-state index contributed by atoms with van der Waals surface area (Å²) < 4.78 is 5.39. The largest absolute Gasteiger partial charge is 0.336 e. The Hall–Kier alpha value is -3.50. The predicted octanol–water partition coefficient (Wildman–Crippen LogP) is 2.87. The maximum Gasteiger partial charge on any atom is 0.257 e. The van der Waals surface area contributed by atoms with Gasteiger partial charge < -0.3 is 9.42 Å². The molecule has 0 N–H and O–H groups in total. The third-order valence-electron chi connectivity index (χ3n) is 5.03. The lowest BCUT2D eigenvalue weighted by Crippen LogP contribution is -2.48. The topological polar surface area (TPSA) is 86.3 Å². The molecule has 3 aromatic rings. The summed E-state index contributed by atoms with van der Waals surface area (Å²) in [7, 11) is 0. The molecule has 2 heterocycles. The van der Waals surface area contributed by atoms with Crippen molar-refractivity contribution in [2.24, 2.45) is 0 Å². The van der Waals surface area contributed by atoms with Gasteiger partial charge in [-0.25, -0.2) is 0 Å². The fourth-order valence-corrected chi connectivity index (χ4v) is 3.34. The second kappa shape index (κ2) is 8.25. The summed E-state index contributed by atoms with van der Waals surface area (Å²) in [4.78, 5) is 21.2. The van der Waals surface area contributed by atoms with Crippen molar-refractivity contribution < 1.29 is 9.32 Å². The first kappa shape index (κ1) is 18.8. The van der Waals surface area contributed by atoms with E-state index in [1.165, 1.54) is 5.56 Å². The second-order valence-electron chi connectivity index (χ2n) is 7.14. The van der Waals surface area contributed by atoms with E-state index < -0.39 is 0 Å². The number of carbonyl (C=O) groups is 1. The van der Waals surface area contributed by atoms with E-state index in [9.17, 15) is 4.79 Å². The Kier molecular flexibility index (Phi) is 5.36. The van der Waals surface area contributed by atoms with Crippen LogP contribution in [0.25, 0.3) is 11.5 Å². The molecular weight excluding hydrogens is 366 g/mol. The molecule has 4 rings (SSSR count). The zero-order valence-corrected chi connectivity index (χ0v) is 16.2. The minimum atomic E-state index is -0.0389. The number of nitriles is 1. The molecule has 0 saturated carbocycles. The summed E-state index contributed by atoms with van der Waals surface area (Å²) in [5.74, 6) is 1.12. The molecule has 0 aliphatic carbocycles. The van der Waals surface area contributed by atoms with Gasteiger partial charge in [0.25, 0.3) is 11.8 Å². The normalized spacial score (nSPS) is 14.6. The summed E-state index contributed by atoms with van der Waals surface area (Å²) in [6, 6.07) is 16.9. The van der Waals surface area contributed by atoms with Gasteiger partial charge in [-0.15, -0.1) is 0 Å². The molecule has 1 aliphatic rings. The number of hydrogen-bond donors (Lipinski definition) is 0. The first-order chi connectivity index (χ1) is 14.1. The monoisotopic (exact) mass is 387 g/mol. The highest BCUT2D eigenvalue weighted by Crippen LogP contribution is 2.18. The molecular formula is C22H21N5O2. The van der Waals surface area contributed by atoms with Gasteiger partial charge in [0.05, 0.1) is 18.2 Å². The number of carbonyl (C=O) groups excluding carboxylic acids is 1. The van der Waals surface area contributed by atoms with Crippen molar-refractivity contribution in [3.8, 4) is 17.5 Å². The van der Waals surface area contributed by atoms with E-state index in [1.807, 2.05) is 36.1 Å². The molecule has 0 radical (unpaired) electrons. The van der Waals surface area contributed by atoms with E-state index in [0.717, 1.165) is 18.7 Å². The van der Waals surface area contributed by atoms with Gasteiger partial charge in [-0.05, 0) is 37.3 Å². The third kappa shape index (κ3) is 4.33. The fraction of sp³-hybridized carbons (Fsp3) is 0.273. The lowest BCUT2D eigenvalue weighted by Gasteiger charge is -2.34. The van der Waals surface area contributed by atoms with Crippen LogP contribution in [0, 0.1) is 18.3 Å². The molecule has 0 bridgehead atoms. The number of piperazine rings is 1. The van der Waals surface area contributed by atoms with Crippen LogP contribution >= 0.6 is 0 Å². The Labute approximate surface area is 169 Å². The van der Waals surface area contributed by atoms with E-state index in [2.05, 4.69) is 21.1 Å². The van der Waals surface area contributed by atoms with Gasteiger partial charge >= 0.3 is 0 Å². The smallest absolute Gasteiger partial charge is 0.257 e. The minimum Gasteiger partial charge on any atom is -0.336 e. The molecule has 1 saturated heterocycles. The van der Waals surface area contributed by atoms with Gasteiger partial charge in [0, 0.05) is 37.3 Å². The van der Waals surface area contributed by atoms with Gasteiger partial charge in [-0.3, -0.25) is 9.69 Å². The van der Waals surface area contributed by atoms with Crippen molar-refractivity contribution in [1.82, 2.24) is 19.9 Å². The summed E-state index contributed by atoms with van der Waals surface area (Å²) in [5, 5.41) is 13.1. The average molecular weight is 387 g/mol. The maximum absolute atomic E-state index is 12.7. The van der Waals surface area contributed by atoms with E-state index in [1.54, 1.807) is 24.3 Å². The Morgan fingerprint density at radius 1 is 1.14 bits per heavy atom. The van der Waals surface area contributed by atoms with Crippen LogP contribution < -0.4 is 0 Å². The maximum atomic E-state index is 12.7. The highest BCUT2D eigenvalue weighted by Gasteiger charge is 2.23. The van der Waals surface area contributed by atoms with Crippen molar-refractivity contribution in [1.29, 1.82) is 5.26 Å². The number of aromatic nitrogens is 2. The van der Waals surface area contributed by atoms with Crippen LogP contribution in [0.4, 0.5) is 0 Å². The molecule has 146 valence electrons. The molecule has 1 fully saturated rings. The van der Waals surface area contributed by atoms with E-state index in [0.29, 0.717) is 42.5 Å². The minimum absolute atomic E-state index is 0.0389. The van der Waals surface area contributed by atoms with Crippen molar-refractivity contribution in [3.63, 3.8) is 0 Å². The summed E-state index contributed by atoms with van der Waals surface area (Å²) in [6.07, 6.45) is 0. The van der Waals surface area contributed by atoms with Gasteiger partial charge in [0.15, 0.2) is 5.82 Å². The number of nitrogens with zero attached hydrogens (tertiary/aromatic N) is 5. The third-order valence-corrected chi connectivity index (χ3v) is 5.03. The Balaban J connectivity index is 1.34. The molecule has 1 aromatic heterocycles. The van der Waals surface area contributed by atoms with E-state index >= 15 is 0 Å². The van der Waals surface area contributed by atoms with Crippen LogP contribution in [0.2, 0.25) is 0 Å². The highest BCUT2D eigenvalue weighted by molar-refractivity contribution is 5.94. The Morgan fingerprint density at radius 3 is 2.62 bits per heavy atom. The van der Waals surface area contributed by atoms with Crippen molar-refractivity contribution in [2.75, 3.05) is 26.2 Å². The van der Waals surface area contributed by atoms with E-state index in [-0.39, 0.29) is 5.91 Å². The number of rotatable bonds is 4. The van der Waals surface area contributed by atoms with Crippen molar-refractivity contribution >= 4 is 5.91 Å². The molecule has 29 heavy (non-hydrogen) atoms. The molecule has 0 atom stereocenters. The van der Waals surface area contributed by atoms with Crippen LogP contribution in [0.1, 0.15) is 27.3 Å². The Morgan fingerprint density at radius 2 is 1.90 bits per heavy atom. The molecule has 7 nitrogen and oxygen atoms in total. The zero-order valence-electron chi connectivity index (χ0n) is 16.2. The summed E-state index contributed by atoms with van der Waals surface area (Å²) in [5.41, 5.74) is 3.14. The van der Waals surface area contributed by atoms with Crippen molar-refractivity contribution in [2.45, 2.75) is 13.5 Å². The standard InChI is InChI=1S/C22H21N5O2/c1-16-5-7-18(8-6-16)21-24-20(25-29-21)15-26-9-11-27(12-10-26)22(28)19-4-2-3-17(13-19)14-23/h2-8,13H,9-12,15H2,1H3. The number of benzene rings is 2. The fourth-order valence-electron chi connectivity index (χ4n) is 3.34. The quantitative estimate of drug-likeness (QED) is 0.684. The van der Waals surface area contributed by atoms with Crippen LogP contribution in [-0.2, 0) is 6.54 Å². The van der Waals surface area contributed by atoms with Gasteiger partial charge in [0.2, 0.25) is 0 Å². The first-order valence-corrected chi connectivity index (χ1v) is 9.54. The van der Waals surface area contributed by atoms with Gasteiger partial charge in [-0.1, -0.05) is 28.9 Å². The lowest BCUT2D eigenvalue weighted by molar-refractivity contribution is 0.0624. The predicted molar refractivity (Wildman–Crippen MR) is 107 cm³/mol. The number of hydrogen-bond acceptors (Lipinski definition) is 6. The SMILES string of the molecule is Cc1ccc(-c2nc(CN3CCN(C(=O)c4cccc(C#N)c4)CC3)no2)cc1. The van der Waals surface area contributed by atoms with Crippen LogP contribution in [0.5, 0.6) is 0 Å².